The Hall–Kier alpha value is -4.11. The van der Waals surface area contributed by atoms with E-state index in [-0.39, 0.29) is 16.6 Å². The molecule has 9 heteroatoms. The molecule has 0 saturated carbocycles. The van der Waals surface area contributed by atoms with E-state index in [1.807, 2.05) is 54.6 Å². The van der Waals surface area contributed by atoms with E-state index < -0.39 is 17.4 Å². The van der Waals surface area contributed by atoms with Gasteiger partial charge in [-0.15, -0.1) is 0 Å². The van der Waals surface area contributed by atoms with Gasteiger partial charge in [-0.05, 0) is 49.5 Å². The lowest BCUT2D eigenvalue weighted by Crippen LogP contribution is -2.60. The maximum absolute atomic E-state index is 13.5. The fourth-order valence-electron chi connectivity index (χ4n) is 3.67. The molecule has 3 aromatic carbocycles. The molecule has 4 rings (SSSR count). The van der Waals surface area contributed by atoms with Crippen LogP contribution in [0.3, 0.4) is 0 Å². The highest BCUT2D eigenvalue weighted by Gasteiger charge is 2.40. The molecule has 1 aliphatic heterocycles. The standard InChI is InChI=1S/C25H22FN5O2S/c1-25(28-24(34)30-29-22(32)17-12-14-18(26)15-13-17)23(33)31(2)20-11-7-6-10-19(20)21(27-25)16-8-4-3-5-9-16/h3-15H,1-2H3,(H,29,32)(H2,28,30,34). The second-order valence-electron chi connectivity index (χ2n) is 7.82. The number of nitrogens with one attached hydrogen (secondary N) is 3. The number of para-hydroxylation sites is 1. The summed E-state index contributed by atoms with van der Waals surface area (Å²) in [6.45, 7) is 1.62. The van der Waals surface area contributed by atoms with Gasteiger partial charge >= 0.3 is 0 Å². The van der Waals surface area contributed by atoms with Crippen LogP contribution in [0.1, 0.15) is 28.4 Å². The largest absolute Gasteiger partial charge is 0.330 e. The van der Waals surface area contributed by atoms with Crippen molar-refractivity contribution >= 4 is 40.5 Å². The van der Waals surface area contributed by atoms with Gasteiger partial charge in [-0.3, -0.25) is 20.4 Å². The molecule has 3 aromatic rings. The number of nitrogens with zero attached hydrogens (tertiary/aromatic N) is 2. The van der Waals surface area contributed by atoms with E-state index in [0.717, 1.165) is 11.1 Å². The molecule has 0 saturated heterocycles. The highest BCUT2D eigenvalue weighted by atomic mass is 32.1. The zero-order valence-electron chi connectivity index (χ0n) is 18.5. The average molecular weight is 476 g/mol. The monoisotopic (exact) mass is 475 g/mol. The Bertz CT molecular complexity index is 1280. The summed E-state index contributed by atoms with van der Waals surface area (Å²) in [5.41, 5.74) is 6.79. The number of likely N-dealkylation sites (N-methyl/N-ethyl adjacent to an activating group) is 1. The Morgan fingerprint density at radius 1 is 0.971 bits per heavy atom. The summed E-state index contributed by atoms with van der Waals surface area (Å²) in [5, 5.41) is 2.92. The fourth-order valence-corrected chi connectivity index (χ4v) is 3.92. The minimum atomic E-state index is -1.47. The van der Waals surface area contributed by atoms with E-state index in [9.17, 15) is 14.0 Å². The van der Waals surface area contributed by atoms with Gasteiger partial charge in [-0.25, -0.2) is 9.38 Å². The summed E-state index contributed by atoms with van der Waals surface area (Å²) >= 11 is 5.34. The first kappa shape index (κ1) is 23.1. The molecule has 7 nitrogen and oxygen atoms in total. The number of hydrazine groups is 1. The van der Waals surface area contributed by atoms with Crippen LogP contribution in [0.5, 0.6) is 0 Å². The molecule has 1 aliphatic rings. The predicted octanol–water partition coefficient (Wildman–Crippen LogP) is 3.16. The second-order valence-corrected chi connectivity index (χ2v) is 8.23. The van der Waals surface area contributed by atoms with Gasteiger partial charge in [0.25, 0.3) is 11.8 Å². The first-order chi connectivity index (χ1) is 16.3. The van der Waals surface area contributed by atoms with Gasteiger partial charge in [0.15, 0.2) is 5.11 Å². The number of thiocarbonyl (C=S) groups is 1. The first-order valence-electron chi connectivity index (χ1n) is 10.5. The van der Waals surface area contributed by atoms with Gasteiger partial charge in [-0.1, -0.05) is 48.5 Å². The Kier molecular flexibility index (Phi) is 6.38. The van der Waals surface area contributed by atoms with Crippen molar-refractivity contribution in [2.45, 2.75) is 12.6 Å². The van der Waals surface area contributed by atoms with E-state index in [2.05, 4.69) is 16.2 Å². The zero-order valence-corrected chi connectivity index (χ0v) is 19.3. The molecular formula is C25H22FN5O2S. The van der Waals surface area contributed by atoms with Crippen molar-refractivity contribution in [1.82, 2.24) is 16.2 Å². The maximum Gasteiger partial charge on any atom is 0.274 e. The summed E-state index contributed by atoms with van der Waals surface area (Å²) in [4.78, 5) is 32.1. The Labute approximate surface area is 201 Å². The summed E-state index contributed by atoms with van der Waals surface area (Å²) in [6, 6.07) is 22.1. The van der Waals surface area contributed by atoms with Crippen molar-refractivity contribution in [3.63, 3.8) is 0 Å². The number of benzene rings is 3. The topological polar surface area (TPSA) is 85.8 Å². The fraction of sp³-hybridized carbons (Fsp3) is 0.120. The molecule has 1 atom stereocenters. The number of hydrogen-bond donors (Lipinski definition) is 3. The predicted molar refractivity (Wildman–Crippen MR) is 133 cm³/mol. The molecule has 0 bridgehead atoms. The molecule has 0 radical (unpaired) electrons. The van der Waals surface area contributed by atoms with Gasteiger partial charge in [-0.2, -0.15) is 0 Å². The van der Waals surface area contributed by atoms with Crippen molar-refractivity contribution < 1.29 is 14.0 Å². The van der Waals surface area contributed by atoms with Crippen LogP contribution in [0, 0.1) is 5.82 Å². The molecule has 172 valence electrons. The maximum atomic E-state index is 13.5. The van der Waals surface area contributed by atoms with Crippen molar-refractivity contribution in [3.8, 4) is 0 Å². The lowest BCUT2D eigenvalue weighted by Gasteiger charge is -2.29. The van der Waals surface area contributed by atoms with Crippen LogP contribution in [-0.4, -0.2) is 35.3 Å². The van der Waals surface area contributed by atoms with Crippen LogP contribution in [0.4, 0.5) is 10.1 Å². The number of benzodiazepines with no additional fused rings is 1. The summed E-state index contributed by atoms with van der Waals surface area (Å²) in [6.07, 6.45) is 0. The third-order valence-electron chi connectivity index (χ3n) is 5.38. The normalized spacial score (nSPS) is 17.2. The van der Waals surface area contributed by atoms with Gasteiger partial charge in [0.05, 0.1) is 11.4 Å². The second kappa shape index (κ2) is 9.40. The highest BCUT2D eigenvalue weighted by Crippen LogP contribution is 2.30. The number of hydrogen-bond acceptors (Lipinski definition) is 4. The van der Waals surface area contributed by atoms with E-state index in [4.69, 9.17) is 17.2 Å². The Morgan fingerprint density at radius 2 is 1.62 bits per heavy atom. The van der Waals surface area contributed by atoms with E-state index in [0.29, 0.717) is 11.4 Å². The van der Waals surface area contributed by atoms with E-state index in [1.54, 1.807) is 14.0 Å². The minimum Gasteiger partial charge on any atom is -0.330 e. The van der Waals surface area contributed by atoms with Crippen molar-refractivity contribution in [3.05, 3.63) is 101 Å². The Morgan fingerprint density at radius 3 is 2.32 bits per heavy atom. The Balaban J connectivity index is 1.61. The van der Waals surface area contributed by atoms with E-state index >= 15 is 0 Å². The van der Waals surface area contributed by atoms with Crippen LogP contribution in [0.15, 0.2) is 83.9 Å². The number of rotatable bonds is 3. The third kappa shape index (κ3) is 4.65. The number of carbonyl (C=O) groups excluding carboxylic acids is 2. The third-order valence-corrected chi connectivity index (χ3v) is 5.58. The number of halogens is 1. The van der Waals surface area contributed by atoms with Gasteiger partial charge < -0.3 is 10.2 Å². The lowest BCUT2D eigenvalue weighted by atomic mass is 10.0. The molecule has 1 unspecified atom stereocenters. The molecule has 0 aliphatic carbocycles. The first-order valence-corrected chi connectivity index (χ1v) is 10.9. The van der Waals surface area contributed by atoms with Crippen molar-refractivity contribution in [1.29, 1.82) is 0 Å². The molecule has 0 fully saturated rings. The minimum absolute atomic E-state index is 0.0122. The molecule has 34 heavy (non-hydrogen) atoms. The summed E-state index contributed by atoms with van der Waals surface area (Å²) in [5.74, 6) is -1.29. The molecule has 2 amide bonds. The molecule has 0 aromatic heterocycles. The summed E-state index contributed by atoms with van der Waals surface area (Å²) in [7, 11) is 1.68. The molecule has 0 spiro atoms. The number of aliphatic imine (C=N–C) groups is 1. The van der Waals surface area contributed by atoms with Crippen LogP contribution in [-0.2, 0) is 4.79 Å². The number of anilines is 1. The quantitative estimate of drug-likeness (QED) is 0.400. The average Bonchev–Trinajstić information content (AvgIpc) is 2.93. The summed E-state index contributed by atoms with van der Waals surface area (Å²) < 4.78 is 13.1. The van der Waals surface area contributed by atoms with Crippen molar-refractivity contribution in [2.24, 2.45) is 4.99 Å². The van der Waals surface area contributed by atoms with Gasteiger partial charge in [0, 0.05) is 23.7 Å². The van der Waals surface area contributed by atoms with Gasteiger partial charge in [0.2, 0.25) is 5.66 Å². The zero-order chi connectivity index (χ0) is 24.3. The van der Waals surface area contributed by atoms with Crippen LogP contribution in [0.25, 0.3) is 0 Å². The lowest BCUT2D eigenvalue weighted by molar-refractivity contribution is -0.123. The molecule has 1 heterocycles. The number of fused-ring (bicyclic) bond motifs is 1. The van der Waals surface area contributed by atoms with Crippen LogP contribution < -0.4 is 21.1 Å². The van der Waals surface area contributed by atoms with Crippen LogP contribution in [0.2, 0.25) is 0 Å². The van der Waals surface area contributed by atoms with Gasteiger partial charge in [0.1, 0.15) is 5.82 Å². The highest BCUT2D eigenvalue weighted by molar-refractivity contribution is 7.80. The molecule has 3 N–H and O–H groups in total. The SMILES string of the molecule is CN1C(=O)C(C)(NC(=S)NNC(=O)c2ccc(F)cc2)N=C(c2ccccc2)c2ccccc21. The van der Waals surface area contributed by atoms with Crippen molar-refractivity contribution in [2.75, 3.05) is 11.9 Å². The number of carbonyl (C=O) groups is 2. The van der Waals surface area contributed by atoms with E-state index in [1.165, 1.54) is 29.2 Å². The van der Waals surface area contributed by atoms with Crippen LogP contribution >= 0.6 is 12.2 Å². The number of amides is 2. The smallest absolute Gasteiger partial charge is 0.274 e. The molecular weight excluding hydrogens is 453 g/mol.